The van der Waals surface area contributed by atoms with Crippen molar-refractivity contribution in [1.82, 2.24) is 9.88 Å². The van der Waals surface area contributed by atoms with Crippen LogP contribution in [0.1, 0.15) is 27.4 Å². The van der Waals surface area contributed by atoms with E-state index < -0.39 is 0 Å². The number of amides is 1. The highest BCUT2D eigenvalue weighted by molar-refractivity contribution is 7.09. The van der Waals surface area contributed by atoms with Crippen molar-refractivity contribution in [3.05, 3.63) is 81.3 Å². The number of thiazole rings is 1. The van der Waals surface area contributed by atoms with E-state index in [4.69, 9.17) is 4.74 Å². The Hall–Kier alpha value is -3.12. The van der Waals surface area contributed by atoms with Crippen molar-refractivity contribution in [2.45, 2.75) is 27.4 Å². The fraction of sp³-hybridized carbons (Fsp3) is 0.308. The van der Waals surface area contributed by atoms with Crippen LogP contribution in [0.25, 0.3) is 6.08 Å². The fourth-order valence-corrected chi connectivity index (χ4v) is 4.42. The summed E-state index contributed by atoms with van der Waals surface area (Å²) in [4.78, 5) is 21.4. The smallest absolute Gasteiger partial charge is 0.246 e. The van der Waals surface area contributed by atoms with Crippen molar-refractivity contribution in [2.75, 3.05) is 31.1 Å². The van der Waals surface area contributed by atoms with Gasteiger partial charge in [-0.3, -0.25) is 4.79 Å². The van der Waals surface area contributed by atoms with Crippen LogP contribution >= 0.6 is 11.3 Å². The van der Waals surface area contributed by atoms with Crippen LogP contribution in [-0.4, -0.2) is 42.0 Å². The number of rotatable bonds is 6. The van der Waals surface area contributed by atoms with Crippen LogP contribution in [0.5, 0.6) is 5.75 Å². The molecule has 2 heterocycles. The maximum Gasteiger partial charge on any atom is 0.246 e. The van der Waals surface area contributed by atoms with Gasteiger partial charge in [0.25, 0.3) is 0 Å². The van der Waals surface area contributed by atoms with Crippen LogP contribution in [0, 0.1) is 20.8 Å². The van der Waals surface area contributed by atoms with Crippen LogP contribution < -0.4 is 9.64 Å². The topological polar surface area (TPSA) is 45.7 Å². The molecule has 2 aromatic carbocycles. The minimum Gasteiger partial charge on any atom is -0.487 e. The summed E-state index contributed by atoms with van der Waals surface area (Å²) in [6.07, 6.45) is 3.54. The van der Waals surface area contributed by atoms with Crippen molar-refractivity contribution in [3.63, 3.8) is 0 Å². The Balaban J connectivity index is 1.27. The van der Waals surface area contributed by atoms with Crippen molar-refractivity contribution in [1.29, 1.82) is 0 Å². The monoisotopic (exact) mass is 447 g/mol. The van der Waals surface area contributed by atoms with Crippen molar-refractivity contribution in [3.8, 4) is 5.75 Å². The summed E-state index contributed by atoms with van der Waals surface area (Å²) in [6.45, 7) is 9.94. The number of carbonyl (C=O) groups excluding carboxylic acids is 1. The number of aryl methyl sites for hydroxylation is 2. The SMILES string of the molecule is Cc1nc(COc2ccc(/C=C/C(=O)N3CCN(c4cccc(C)c4C)CC3)cc2)cs1. The van der Waals surface area contributed by atoms with E-state index in [9.17, 15) is 4.79 Å². The van der Waals surface area contributed by atoms with Crippen LogP contribution in [0.3, 0.4) is 0 Å². The fourth-order valence-electron chi connectivity index (χ4n) is 3.83. The molecule has 0 N–H and O–H groups in total. The van der Waals surface area contributed by atoms with Crippen LogP contribution in [0.4, 0.5) is 5.69 Å². The largest absolute Gasteiger partial charge is 0.487 e. The van der Waals surface area contributed by atoms with Crippen LogP contribution in [-0.2, 0) is 11.4 Å². The quantitative estimate of drug-likeness (QED) is 0.499. The first-order chi connectivity index (χ1) is 15.5. The Morgan fingerprint density at radius 3 is 2.50 bits per heavy atom. The molecule has 0 unspecified atom stereocenters. The normalized spacial score (nSPS) is 14.2. The average Bonchev–Trinajstić information content (AvgIpc) is 3.24. The molecule has 0 bridgehead atoms. The molecule has 1 fully saturated rings. The van der Waals surface area contributed by atoms with Gasteiger partial charge in [0.1, 0.15) is 12.4 Å². The summed E-state index contributed by atoms with van der Waals surface area (Å²) in [5, 5.41) is 3.06. The van der Waals surface area contributed by atoms with Gasteiger partial charge in [-0.1, -0.05) is 24.3 Å². The molecule has 6 heteroatoms. The molecule has 4 rings (SSSR count). The average molecular weight is 448 g/mol. The Labute approximate surface area is 194 Å². The van der Waals surface area contributed by atoms with E-state index in [2.05, 4.69) is 41.9 Å². The first kappa shape index (κ1) is 22.1. The van der Waals surface area contributed by atoms with Crippen molar-refractivity contribution in [2.24, 2.45) is 0 Å². The zero-order valence-electron chi connectivity index (χ0n) is 18.9. The predicted molar refractivity (Wildman–Crippen MR) is 131 cm³/mol. The summed E-state index contributed by atoms with van der Waals surface area (Å²) in [5.41, 5.74) is 5.82. The molecule has 1 amide bonds. The highest BCUT2D eigenvalue weighted by Crippen LogP contribution is 2.24. The molecule has 1 aromatic heterocycles. The Morgan fingerprint density at radius 2 is 1.81 bits per heavy atom. The Kier molecular flexibility index (Phi) is 6.90. The van der Waals surface area contributed by atoms with Gasteiger partial charge < -0.3 is 14.5 Å². The third-order valence-electron chi connectivity index (χ3n) is 5.86. The maximum absolute atomic E-state index is 12.7. The first-order valence-electron chi connectivity index (χ1n) is 10.9. The number of carbonyl (C=O) groups is 1. The second-order valence-electron chi connectivity index (χ2n) is 8.08. The summed E-state index contributed by atoms with van der Waals surface area (Å²) in [5.74, 6) is 0.853. The molecule has 3 aromatic rings. The summed E-state index contributed by atoms with van der Waals surface area (Å²) < 4.78 is 5.78. The van der Waals surface area contributed by atoms with Gasteiger partial charge in [0, 0.05) is 43.3 Å². The number of hydrogen-bond acceptors (Lipinski definition) is 5. The highest BCUT2D eigenvalue weighted by atomic mass is 32.1. The van der Waals surface area contributed by atoms with Crippen LogP contribution in [0.15, 0.2) is 53.9 Å². The zero-order chi connectivity index (χ0) is 22.5. The molecule has 0 saturated carbocycles. The third kappa shape index (κ3) is 5.37. The molecular weight excluding hydrogens is 418 g/mol. The highest BCUT2D eigenvalue weighted by Gasteiger charge is 2.21. The maximum atomic E-state index is 12.7. The van der Waals surface area contributed by atoms with Gasteiger partial charge in [0.05, 0.1) is 10.7 Å². The van der Waals surface area contributed by atoms with E-state index in [0.717, 1.165) is 48.2 Å². The number of piperazine rings is 1. The van der Waals surface area contributed by atoms with Gasteiger partial charge >= 0.3 is 0 Å². The number of nitrogens with zero attached hydrogens (tertiary/aromatic N) is 3. The summed E-state index contributed by atoms with van der Waals surface area (Å²) >= 11 is 1.62. The minimum atomic E-state index is 0.0600. The third-order valence-corrected chi connectivity index (χ3v) is 6.68. The Bertz CT molecular complexity index is 1100. The van der Waals surface area contributed by atoms with Crippen molar-refractivity contribution < 1.29 is 9.53 Å². The van der Waals surface area contributed by atoms with Gasteiger partial charge in [-0.05, 0) is 61.7 Å². The van der Waals surface area contributed by atoms with E-state index in [0.29, 0.717) is 6.61 Å². The second kappa shape index (κ2) is 10.0. The first-order valence-corrected chi connectivity index (χ1v) is 11.8. The second-order valence-corrected chi connectivity index (χ2v) is 9.14. The number of anilines is 1. The molecule has 1 aliphatic heterocycles. The molecular formula is C26H29N3O2S. The molecule has 1 aliphatic rings. The van der Waals surface area contributed by atoms with Gasteiger partial charge in [0.2, 0.25) is 5.91 Å². The number of aromatic nitrogens is 1. The number of ether oxygens (including phenoxy) is 1. The lowest BCUT2D eigenvalue weighted by Gasteiger charge is -2.36. The lowest BCUT2D eigenvalue weighted by atomic mass is 10.1. The predicted octanol–water partition coefficient (Wildman–Crippen LogP) is 5.01. The lowest BCUT2D eigenvalue weighted by molar-refractivity contribution is -0.126. The van der Waals surface area contributed by atoms with Gasteiger partial charge in [0.15, 0.2) is 0 Å². The van der Waals surface area contributed by atoms with E-state index in [1.165, 1.54) is 16.8 Å². The molecule has 32 heavy (non-hydrogen) atoms. The van der Waals surface area contributed by atoms with Gasteiger partial charge in [-0.25, -0.2) is 4.98 Å². The summed E-state index contributed by atoms with van der Waals surface area (Å²) in [7, 11) is 0. The van der Waals surface area contributed by atoms with Crippen molar-refractivity contribution >= 4 is 29.0 Å². The van der Waals surface area contributed by atoms with E-state index in [1.807, 2.05) is 47.5 Å². The standard InChI is InChI=1S/C26H29N3O2S/c1-19-5-4-6-25(20(19)2)28-13-15-29(16-14-28)26(30)12-9-22-7-10-24(11-8-22)31-17-23-18-32-21(3)27-23/h4-12,18H,13-17H2,1-3H3/b12-9+. The van der Waals surface area contributed by atoms with Crippen LogP contribution in [0.2, 0.25) is 0 Å². The zero-order valence-corrected chi connectivity index (χ0v) is 19.7. The van der Waals surface area contributed by atoms with E-state index >= 15 is 0 Å². The number of benzene rings is 2. The number of hydrogen-bond donors (Lipinski definition) is 0. The molecule has 0 atom stereocenters. The molecule has 0 spiro atoms. The molecule has 0 aliphatic carbocycles. The lowest BCUT2D eigenvalue weighted by Crippen LogP contribution is -2.48. The molecule has 0 radical (unpaired) electrons. The summed E-state index contributed by atoms with van der Waals surface area (Å²) in [6, 6.07) is 14.2. The van der Waals surface area contributed by atoms with E-state index in [-0.39, 0.29) is 5.91 Å². The molecule has 5 nitrogen and oxygen atoms in total. The molecule has 1 saturated heterocycles. The van der Waals surface area contributed by atoms with Gasteiger partial charge in [-0.2, -0.15) is 0 Å². The Morgan fingerprint density at radius 1 is 1.06 bits per heavy atom. The van der Waals surface area contributed by atoms with E-state index in [1.54, 1.807) is 17.4 Å². The minimum absolute atomic E-state index is 0.0600. The molecule has 166 valence electrons. The van der Waals surface area contributed by atoms with Gasteiger partial charge in [-0.15, -0.1) is 11.3 Å².